The number of ether oxygens (including phenoxy) is 2. The molecule has 0 radical (unpaired) electrons. The van der Waals surface area contributed by atoms with Crippen molar-refractivity contribution >= 4 is 21.8 Å². The molecule has 9 nitrogen and oxygen atoms in total. The molecule has 2 rings (SSSR count). The lowest BCUT2D eigenvalue weighted by Crippen LogP contribution is -2.44. The molecule has 2 amide bonds. The molecule has 0 unspecified atom stereocenters. The third-order valence-corrected chi connectivity index (χ3v) is 4.67. The first-order valence-corrected chi connectivity index (χ1v) is 9.81. The first kappa shape index (κ1) is 21.2. The van der Waals surface area contributed by atoms with Gasteiger partial charge in [-0.25, -0.2) is 13.6 Å². The fraction of sp³-hybridized carbons (Fsp3) is 0.222. The summed E-state index contributed by atoms with van der Waals surface area (Å²) in [6.45, 7) is 1.71. The Morgan fingerprint density at radius 3 is 2.32 bits per heavy atom. The van der Waals surface area contributed by atoms with Gasteiger partial charge in [-0.3, -0.25) is 20.4 Å². The van der Waals surface area contributed by atoms with Crippen molar-refractivity contribution in [3.05, 3.63) is 53.6 Å². The van der Waals surface area contributed by atoms with Crippen LogP contribution in [0.25, 0.3) is 0 Å². The Labute approximate surface area is 162 Å². The highest BCUT2D eigenvalue weighted by Crippen LogP contribution is 2.21. The van der Waals surface area contributed by atoms with Crippen molar-refractivity contribution in [1.29, 1.82) is 0 Å². The Morgan fingerprint density at radius 1 is 1.07 bits per heavy atom. The number of hydrazine groups is 1. The monoisotopic (exact) mass is 407 g/mol. The van der Waals surface area contributed by atoms with Crippen LogP contribution in [0.1, 0.15) is 22.8 Å². The summed E-state index contributed by atoms with van der Waals surface area (Å²) in [4.78, 5) is 23.9. The highest BCUT2D eigenvalue weighted by molar-refractivity contribution is 7.89. The number of rotatable bonds is 7. The van der Waals surface area contributed by atoms with Crippen LogP contribution in [0, 0.1) is 0 Å². The van der Waals surface area contributed by atoms with E-state index in [0.29, 0.717) is 5.75 Å². The molecule has 0 fully saturated rings. The highest BCUT2D eigenvalue weighted by Gasteiger charge is 2.18. The molecule has 0 aliphatic rings. The number of amides is 2. The minimum Gasteiger partial charge on any atom is -0.496 e. The lowest BCUT2D eigenvalue weighted by atomic mass is 10.2. The van der Waals surface area contributed by atoms with Gasteiger partial charge in [-0.2, -0.15) is 0 Å². The molecule has 0 atom stereocenters. The Bertz CT molecular complexity index is 958. The van der Waals surface area contributed by atoms with E-state index in [0.717, 1.165) is 18.1 Å². The van der Waals surface area contributed by atoms with Crippen LogP contribution in [-0.4, -0.2) is 33.9 Å². The molecule has 0 aromatic heterocycles. The highest BCUT2D eigenvalue weighted by atomic mass is 32.2. The standard InChI is InChI=1S/C18H21N3O6S/c1-3-12-4-6-13(7-5-12)27-11-17(22)20-21-18(23)15-10-14(28(19,24)25)8-9-16(15)26-2/h4-10H,3,11H2,1-2H3,(H,20,22)(H,21,23)(H2,19,24,25). The maximum atomic E-state index is 12.3. The van der Waals surface area contributed by atoms with E-state index in [1.165, 1.54) is 19.2 Å². The fourth-order valence-corrected chi connectivity index (χ4v) is 2.78. The summed E-state index contributed by atoms with van der Waals surface area (Å²) in [5.41, 5.74) is 5.39. The summed E-state index contributed by atoms with van der Waals surface area (Å²) in [6, 6.07) is 10.8. The van der Waals surface area contributed by atoms with E-state index in [1.807, 2.05) is 19.1 Å². The van der Waals surface area contributed by atoms with Crippen molar-refractivity contribution in [2.45, 2.75) is 18.2 Å². The predicted octanol–water partition coefficient (Wildman–Crippen LogP) is 0.745. The lowest BCUT2D eigenvalue weighted by molar-refractivity contribution is -0.123. The molecule has 0 aliphatic heterocycles. The lowest BCUT2D eigenvalue weighted by Gasteiger charge is -2.12. The molecule has 10 heteroatoms. The van der Waals surface area contributed by atoms with Gasteiger partial charge in [0.15, 0.2) is 6.61 Å². The normalized spacial score (nSPS) is 10.8. The number of benzene rings is 2. The van der Waals surface area contributed by atoms with E-state index < -0.39 is 21.8 Å². The van der Waals surface area contributed by atoms with Gasteiger partial charge in [-0.05, 0) is 42.3 Å². The molecule has 2 aromatic rings. The number of nitrogens with one attached hydrogen (secondary N) is 2. The zero-order chi connectivity index (χ0) is 20.7. The molecule has 0 aliphatic carbocycles. The summed E-state index contributed by atoms with van der Waals surface area (Å²) in [6.07, 6.45) is 0.892. The van der Waals surface area contributed by atoms with Crippen LogP contribution in [0.15, 0.2) is 47.4 Å². The minimum atomic E-state index is -4.00. The Morgan fingerprint density at radius 2 is 1.75 bits per heavy atom. The van der Waals surface area contributed by atoms with Crippen LogP contribution in [0.4, 0.5) is 0 Å². The number of hydrogen-bond acceptors (Lipinski definition) is 6. The van der Waals surface area contributed by atoms with Crippen molar-refractivity contribution in [2.75, 3.05) is 13.7 Å². The predicted molar refractivity (Wildman–Crippen MR) is 101 cm³/mol. The molecular formula is C18H21N3O6S. The van der Waals surface area contributed by atoms with Crippen molar-refractivity contribution in [2.24, 2.45) is 5.14 Å². The van der Waals surface area contributed by atoms with Crippen molar-refractivity contribution < 1.29 is 27.5 Å². The molecule has 28 heavy (non-hydrogen) atoms. The zero-order valence-corrected chi connectivity index (χ0v) is 16.2. The Hall–Kier alpha value is -3.11. The van der Waals surface area contributed by atoms with E-state index in [-0.39, 0.29) is 22.8 Å². The molecular weight excluding hydrogens is 386 g/mol. The van der Waals surface area contributed by atoms with Crippen LogP contribution in [0.3, 0.4) is 0 Å². The minimum absolute atomic E-state index is 0.106. The van der Waals surface area contributed by atoms with Gasteiger partial charge in [0.25, 0.3) is 11.8 Å². The second kappa shape index (κ2) is 9.20. The van der Waals surface area contributed by atoms with Gasteiger partial charge in [-0.1, -0.05) is 19.1 Å². The number of hydrogen-bond donors (Lipinski definition) is 3. The Balaban J connectivity index is 1.96. The van der Waals surface area contributed by atoms with Crippen LogP contribution in [-0.2, 0) is 21.2 Å². The van der Waals surface area contributed by atoms with Crippen molar-refractivity contribution in [3.8, 4) is 11.5 Å². The summed E-state index contributed by atoms with van der Waals surface area (Å²) in [5.74, 6) is -0.745. The third kappa shape index (κ3) is 5.69. The molecule has 150 valence electrons. The van der Waals surface area contributed by atoms with Gasteiger partial charge in [0.2, 0.25) is 10.0 Å². The summed E-state index contributed by atoms with van der Waals surface area (Å²) in [5, 5.41) is 5.07. The number of methoxy groups -OCH3 is 1. The van der Waals surface area contributed by atoms with Gasteiger partial charge >= 0.3 is 0 Å². The fourth-order valence-electron chi connectivity index (χ4n) is 2.24. The number of nitrogens with two attached hydrogens (primary N) is 1. The zero-order valence-electron chi connectivity index (χ0n) is 15.4. The van der Waals surface area contributed by atoms with E-state index in [2.05, 4.69) is 10.9 Å². The van der Waals surface area contributed by atoms with Crippen molar-refractivity contribution in [1.82, 2.24) is 10.9 Å². The SMILES string of the molecule is CCc1ccc(OCC(=O)NNC(=O)c2cc(S(N)(=O)=O)ccc2OC)cc1. The van der Waals surface area contributed by atoms with E-state index in [4.69, 9.17) is 14.6 Å². The topological polar surface area (TPSA) is 137 Å². The van der Waals surface area contributed by atoms with Crippen LogP contribution >= 0.6 is 0 Å². The number of aryl methyl sites for hydroxylation is 1. The number of primary sulfonamides is 1. The van der Waals surface area contributed by atoms with Gasteiger partial charge in [0.1, 0.15) is 11.5 Å². The molecule has 4 N–H and O–H groups in total. The molecule has 0 bridgehead atoms. The first-order valence-electron chi connectivity index (χ1n) is 8.26. The Kier molecular flexibility index (Phi) is 6.96. The molecule has 0 saturated heterocycles. The van der Waals surface area contributed by atoms with E-state index in [9.17, 15) is 18.0 Å². The average Bonchev–Trinajstić information content (AvgIpc) is 2.69. The summed E-state index contributed by atoms with van der Waals surface area (Å²) in [7, 11) is -2.68. The molecule has 0 saturated carbocycles. The maximum Gasteiger partial charge on any atom is 0.276 e. The smallest absolute Gasteiger partial charge is 0.276 e. The summed E-state index contributed by atoms with van der Waals surface area (Å²) < 4.78 is 33.3. The third-order valence-electron chi connectivity index (χ3n) is 3.76. The second-order valence-corrected chi connectivity index (χ2v) is 7.26. The van der Waals surface area contributed by atoms with Gasteiger partial charge < -0.3 is 9.47 Å². The summed E-state index contributed by atoms with van der Waals surface area (Å²) >= 11 is 0. The molecule has 0 heterocycles. The van der Waals surface area contributed by atoms with Crippen LogP contribution < -0.4 is 25.5 Å². The molecule has 2 aromatic carbocycles. The number of carbonyl (C=O) groups is 2. The van der Waals surface area contributed by atoms with Gasteiger partial charge in [-0.15, -0.1) is 0 Å². The van der Waals surface area contributed by atoms with Gasteiger partial charge in [0.05, 0.1) is 17.6 Å². The number of carbonyl (C=O) groups excluding carboxylic acids is 2. The van der Waals surface area contributed by atoms with Crippen LogP contribution in [0.5, 0.6) is 11.5 Å². The first-order chi connectivity index (χ1) is 13.2. The van der Waals surface area contributed by atoms with Crippen molar-refractivity contribution in [3.63, 3.8) is 0 Å². The molecule has 0 spiro atoms. The van der Waals surface area contributed by atoms with Gasteiger partial charge in [0, 0.05) is 0 Å². The largest absolute Gasteiger partial charge is 0.496 e. The van der Waals surface area contributed by atoms with Crippen LogP contribution in [0.2, 0.25) is 0 Å². The van der Waals surface area contributed by atoms with E-state index >= 15 is 0 Å². The maximum absolute atomic E-state index is 12.3. The quantitative estimate of drug-likeness (QED) is 0.579. The second-order valence-electron chi connectivity index (χ2n) is 5.70. The average molecular weight is 407 g/mol. The number of sulfonamides is 1. The van der Waals surface area contributed by atoms with E-state index in [1.54, 1.807) is 12.1 Å².